The summed E-state index contributed by atoms with van der Waals surface area (Å²) >= 11 is 0. The van der Waals surface area contributed by atoms with E-state index in [2.05, 4.69) is 12.2 Å². The van der Waals surface area contributed by atoms with Gasteiger partial charge in [0.25, 0.3) is 5.91 Å². The highest BCUT2D eigenvalue weighted by atomic mass is 16.5. The second-order valence-electron chi connectivity index (χ2n) is 6.90. The van der Waals surface area contributed by atoms with Gasteiger partial charge in [0.1, 0.15) is 11.5 Å². The Bertz CT molecular complexity index is 685. The maximum Gasteiger partial charge on any atom is 0.331 e. The van der Waals surface area contributed by atoms with Gasteiger partial charge in [-0.05, 0) is 43.9 Å². The van der Waals surface area contributed by atoms with E-state index in [0.717, 1.165) is 19.3 Å². The first-order valence-corrected chi connectivity index (χ1v) is 9.35. The summed E-state index contributed by atoms with van der Waals surface area (Å²) < 4.78 is 15.7. The quantitative estimate of drug-likeness (QED) is 0.584. The van der Waals surface area contributed by atoms with Crippen molar-refractivity contribution in [1.29, 1.82) is 0 Å². The number of amides is 1. The van der Waals surface area contributed by atoms with E-state index in [0.29, 0.717) is 23.0 Å². The fourth-order valence-electron chi connectivity index (χ4n) is 3.21. The van der Waals surface area contributed by atoms with Gasteiger partial charge >= 0.3 is 5.97 Å². The SMILES string of the molecule is COc1ccc(/C=C/C(=O)OC(C)C(=O)NC2CCCCC2C)c(OC)c1. The highest BCUT2D eigenvalue weighted by Gasteiger charge is 2.25. The molecule has 3 unspecified atom stereocenters. The third-order valence-corrected chi connectivity index (χ3v) is 4.94. The average molecular weight is 375 g/mol. The Labute approximate surface area is 160 Å². The second-order valence-corrected chi connectivity index (χ2v) is 6.90. The smallest absolute Gasteiger partial charge is 0.331 e. The topological polar surface area (TPSA) is 73.9 Å². The molecule has 1 amide bonds. The fourth-order valence-corrected chi connectivity index (χ4v) is 3.21. The van der Waals surface area contributed by atoms with Crippen molar-refractivity contribution in [1.82, 2.24) is 5.32 Å². The van der Waals surface area contributed by atoms with E-state index < -0.39 is 12.1 Å². The van der Waals surface area contributed by atoms with E-state index in [9.17, 15) is 9.59 Å². The van der Waals surface area contributed by atoms with Crippen molar-refractivity contribution in [2.75, 3.05) is 14.2 Å². The van der Waals surface area contributed by atoms with Crippen molar-refractivity contribution in [3.63, 3.8) is 0 Å². The molecule has 3 atom stereocenters. The first kappa shape index (κ1) is 20.8. The number of rotatable bonds is 7. The van der Waals surface area contributed by atoms with E-state index in [-0.39, 0.29) is 11.9 Å². The van der Waals surface area contributed by atoms with Crippen LogP contribution in [0.2, 0.25) is 0 Å². The molecule has 1 aromatic carbocycles. The number of hydrogen-bond donors (Lipinski definition) is 1. The minimum atomic E-state index is -0.839. The number of nitrogens with one attached hydrogen (secondary N) is 1. The monoisotopic (exact) mass is 375 g/mol. The van der Waals surface area contributed by atoms with Crippen LogP contribution in [-0.4, -0.2) is 38.2 Å². The van der Waals surface area contributed by atoms with Crippen LogP contribution in [0, 0.1) is 5.92 Å². The Kier molecular flexibility index (Phi) is 7.70. The number of benzene rings is 1. The minimum absolute atomic E-state index is 0.159. The predicted molar refractivity (Wildman–Crippen MR) is 104 cm³/mol. The number of carbonyl (C=O) groups is 2. The van der Waals surface area contributed by atoms with Crippen LogP contribution in [-0.2, 0) is 14.3 Å². The van der Waals surface area contributed by atoms with Gasteiger partial charge in [-0.3, -0.25) is 4.79 Å². The van der Waals surface area contributed by atoms with Crippen LogP contribution in [0.3, 0.4) is 0 Å². The summed E-state index contributed by atoms with van der Waals surface area (Å²) in [5.41, 5.74) is 0.711. The van der Waals surface area contributed by atoms with Crippen molar-refractivity contribution >= 4 is 18.0 Å². The van der Waals surface area contributed by atoms with Gasteiger partial charge in [-0.2, -0.15) is 0 Å². The van der Waals surface area contributed by atoms with Gasteiger partial charge in [0.15, 0.2) is 6.10 Å². The maximum absolute atomic E-state index is 12.3. The summed E-state index contributed by atoms with van der Waals surface area (Å²) in [5, 5.41) is 3.00. The molecule has 1 aliphatic carbocycles. The zero-order valence-corrected chi connectivity index (χ0v) is 16.5. The molecule has 148 valence electrons. The fraction of sp³-hybridized carbons (Fsp3) is 0.524. The molecule has 0 radical (unpaired) electrons. The second kappa shape index (κ2) is 10.00. The summed E-state index contributed by atoms with van der Waals surface area (Å²) in [6.07, 6.45) is 6.46. The molecule has 1 N–H and O–H groups in total. The molecule has 1 saturated carbocycles. The number of ether oxygens (including phenoxy) is 3. The normalized spacial score (nSPS) is 20.7. The van der Waals surface area contributed by atoms with Crippen molar-refractivity contribution in [2.24, 2.45) is 5.92 Å². The molecule has 1 fully saturated rings. The Balaban J connectivity index is 1.90. The molecule has 0 aromatic heterocycles. The van der Waals surface area contributed by atoms with Crippen molar-refractivity contribution in [3.05, 3.63) is 29.8 Å². The van der Waals surface area contributed by atoms with Crippen molar-refractivity contribution in [2.45, 2.75) is 51.7 Å². The number of esters is 1. The van der Waals surface area contributed by atoms with Crippen LogP contribution in [0.25, 0.3) is 6.08 Å². The molecule has 1 aliphatic rings. The summed E-state index contributed by atoms with van der Waals surface area (Å²) in [5.74, 6) is 0.863. The Morgan fingerprint density at radius 1 is 1.19 bits per heavy atom. The molecule has 1 aromatic rings. The molecule has 0 heterocycles. The minimum Gasteiger partial charge on any atom is -0.497 e. The molecule has 2 rings (SSSR count). The van der Waals surface area contributed by atoms with E-state index in [1.807, 2.05) is 0 Å². The summed E-state index contributed by atoms with van der Waals surface area (Å²) in [6.45, 7) is 3.73. The molecular weight excluding hydrogens is 346 g/mol. The molecule has 27 heavy (non-hydrogen) atoms. The van der Waals surface area contributed by atoms with E-state index in [1.54, 1.807) is 45.4 Å². The number of methoxy groups -OCH3 is 2. The van der Waals surface area contributed by atoms with E-state index in [1.165, 1.54) is 12.5 Å². The number of carbonyl (C=O) groups excluding carboxylic acids is 2. The largest absolute Gasteiger partial charge is 0.497 e. The lowest BCUT2D eigenvalue weighted by molar-refractivity contribution is -0.150. The first-order valence-electron chi connectivity index (χ1n) is 9.35. The number of hydrogen-bond acceptors (Lipinski definition) is 5. The highest BCUT2D eigenvalue weighted by Crippen LogP contribution is 2.26. The van der Waals surface area contributed by atoms with Gasteiger partial charge in [-0.25, -0.2) is 4.79 Å². The van der Waals surface area contributed by atoms with Gasteiger partial charge in [0.2, 0.25) is 0 Å². The summed E-state index contributed by atoms with van der Waals surface area (Å²) in [4.78, 5) is 24.3. The van der Waals surface area contributed by atoms with Gasteiger partial charge in [-0.15, -0.1) is 0 Å². The molecule has 0 bridgehead atoms. The van der Waals surface area contributed by atoms with Gasteiger partial charge in [-0.1, -0.05) is 19.8 Å². The lowest BCUT2D eigenvalue weighted by atomic mass is 9.86. The molecule has 6 heteroatoms. The first-order chi connectivity index (χ1) is 12.9. The lowest BCUT2D eigenvalue weighted by Gasteiger charge is -2.30. The Morgan fingerprint density at radius 3 is 2.59 bits per heavy atom. The third kappa shape index (κ3) is 6.01. The molecular formula is C21H29NO5. The third-order valence-electron chi connectivity index (χ3n) is 4.94. The Hall–Kier alpha value is -2.50. The zero-order valence-electron chi connectivity index (χ0n) is 16.5. The van der Waals surface area contributed by atoms with Gasteiger partial charge in [0.05, 0.1) is 14.2 Å². The Morgan fingerprint density at radius 2 is 1.93 bits per heavy atom. The summed E-state index contributed by atoms with van der Waals surface area (Å²) in [6, 6.07) is 5.44. The molecule has 0 spiro atoms. The predicted octanol–water partition coefficient (Wildman–Crippen LogP) is 3.34. The molecule has 0 aliphatic heterocycles. The van der Waals surface area contributed by atoms with Crippen molar-refractivity contribution < 1.29 is 23.8 Å². The van der Waals surface area contributed by atoms with Crippen LogP contribution in [0.15, 0.2) is 24.3 Å². The highest BCUT2D eigenvalue weighted by molar-refractivity contribution is 5.90. The van der Waals surface area contributed by atoms with E-state index >= 15 is 0 Å². The lowest BCUT2D eigenvalue weighted by Crippen LogP contribution is -2.45. The van der Waals surface area contributed by atoms with Crippen LogP contribution >= 0.6 is 0 Å². The van der Waals surface area contributed by atoms with Crippen molar-refractivity contribution in [3.8, 4) is 11.5 Å². The summed E-state index contributed by atoms with van der Waals surface area (Å²) in [7, 11) is 3.12. The van der Waals surface area contributed by atoms with Crippen LogP contribution in [0.1, 0.15) is 45.1 Å². The molecule has 6 nitrogen and oxygen atoms in total. The van der Waals surface area contributed by atoms with Crippen LogP contribution in [0.4, 0.5) is 0 Å². The van der Waals surface area contributed by atoms with E-state index in [4.69, 9.17) is 14.2 Å². The molecule has 0 saturated heterocycles. The average Bonchev–Trinajstić information content (AvgIpc) is 2.67. The standard InChI is InChI=1S/C21H29NO5/c1-14-7-5-6-8-18(14)22-21(24)15(2)27-20(23)12-10-16-9-11-17(25-3)13-19(16)26-4/h9-15,18H,5-8H2,1-4H3,(H,22,24)/b12-10+. The van der Waals surface area contributed by atoms with Crippen LogP contribution in [0.5, 0.6) is 11.5 Å². The maximum atomic E-state index is 12.3. The van der Waals surface area contributed by atoms with Crippen LogP contribution < -0.4 is 14.8 Å². The zero-order chi connectivity index (χ0) is 19.8. The van der Waals surface area contributed by atoms with Gasteiger partial charge in [0, 0.05) is 23.7 Å². The van der Waals surface area contributed by atoms with Gasteiger partial charge < -0.3 is 19.5 Å².